The van der Waals surface area contributed by atoms with Crippen LogP contribution in [0.4, 0.5) is 0 Å². The van der Waals surface area contributed by atoms with Gasteiger partial charge in [0.05, 0.1) is 5.02 Å². The fraction of sp³-hybridized carbons (Fsp3) is 0.182. The molecule has 0 spiro atoms. The minimum Gasteiger partial charge on any atom is -0.370 e. The molecule has 0 saturated carbocycles. The van der Waals surface area contributed by atoms with Gasteiger partial charge in [-0.2, -0.15) is 0 Å². The molecule has 0 aromatic heterocycles. The fourth-order valence-corrected chi connectivity index (χ4v) is 1.66. The molecule has 3 nitrogen and oxygen atoms in total. The molecule has 0 bridgehead atoms. The summed E-state index contributed by atoms with van der Waals surface area (Å²) in [6, 6.07) is 7.03. The van der Waals surface area contributed by atoms with Crippen molar-refractivity contribution in [3.8, 4) is 0 Å². The number of carbonyl (C=O) groups excluding carboxylic acids is 1. The zero-order chi connectivity index (χ0) is 10.7. The van der Waals surface area contributed by atoms with Crippen LogP contribution >= 0.6 is 11.6 Å². The predicted molar refractivity (Wildman–Crippen MR) is 59.9 cm³/mol. The Hall–Kier alpha value is -1.48. The average Bonchev–Trinajstić information content (AvgIpc) is 2.71. The lowest BCUT2D eigenvalue weighted by atomic mass is 10.1. The van der Waals surface area contributed by atoms with Crippen LogP contribution < -0.4 is 10.6 Å². The van der Waals surface area contributed by atoms with Crippen LogP contribution in [0.3, 0.4) is 0 Å². The molecule has 2 N–H and O–H groups in total. The van der Waals surface area contributed by atoms with Crippen molar-refractivity contribution in [2.75, 3.05) is 13.1 Å². The van der Waals surface area contributed by atoms with Crippen molar-refractivity contribution in [1.29, 1.82) is 0 Å². The maximum Gasteiger partial charge on any atom is 0.190 e. The molecule has 0 amide bonds. The van der Waals surface area contributed by atoms with Crippen molar-refractivity contribution in [2.24, 2.45) is 0 Å². The van der Waals surface area contributed by atoms with Crippen LogP contribution in [0.25, 0.3) is 0 Å². The van der Waals surface area contributed by atoms with Crippen LogP contribution in [0.2, 0.25) is 5.02 Å². The first-order chi connectivity index (χ1) is 7.27. The maximum atomic E-state index is 11.8. The number of hydrogen-bond donors (Lipinski definition) is 2. The average molecular weight is 223 g/mol. The molecule has 1 saturated heterocycles. The Morgan fingerprint density at radius 1 is 1.27 bits per heavy atom. The Labute approximate surface area is 93.1 Å². The van der Waals surface area contributed by atoms with Crippen molar-refractivity contribution >= 4 is 17.4 Å². The SMILES string of the molecule is O=C(C=C1NCCN1)c1ccccc1Cl. The maximum absolute atomic E-state index is 11.8. The Kier molecular flexibility index (Phi) is 2.92. The largest absolute Gasteiger partial charge is 0.370 e. The van der Waals surface area contributed by atoms with Gasteiger partial charge in [-0.3, -0.25) is 4.79 Å². The van der Waals surface area contributed by atoms with Crippen molar-refractivity contribution < 1.29 is 4.79 Å². The lowest BCUT2D eigenvalue weighted by Crippen LogP contribution is -2.12. The van der Waals surface area contributed by atoms with Gasteiger partial charge in [0.1, 0.15) is 5.82 Å². The van der Waals surface area contributed by atoms with Crippen molar-refractivity contribution in [1.82, 2.24) is 10.6 Å². The summed E-state index contributed by atoms with van der Waals surface area (Å²) in [5, 5.41) is 6.61. The van der Waals surface area contributed by atoms with E-state index in [0.29, 0.717) is 10.6 Å². The number of benzene rings is 1. The quantitative estimate of drug-likeness (QED) is 0.590. The van der Waals surface area contributed by atoms with Gasteiger partial charge in [0.15, 0.2) is 5.78 Å². The van der Waals surface area contributed by atoms with E-state index in [0.717, 1.165) is 18.9 Å². The summed E-state index contributed by atoms with van der Waals surface area (Å²) in [6.07, 6.45) is 1.54. The van der Waals surface area contributed by atoms with Crippen molar-refractivity contribution in [3.63, 3.8) is 0 Å². The normalized spacial score (nSPS) is 14.3. The van der Waals surface area contributed by atoms with E-state index in [4.69, 9.17) is 11.6 Å². The molecule has 1 heterocycles. The smallest absolute Gasteiger partial charge is 0.190 e. The van der Waals surface area contributed by atoms with Gasteiger partial charge in [0.2, 0.25) is 0 Å². The number of hydrogen-bond acceptors (Lipinski definition) is 3. The first-order valence-electron chi connectivity index (χ1n) is 4.75. The summed E-state index contributed by atoms with van der Waals surface area (Å²) in [6.45, 7) is 1.70. The number of ketones is 1. The number of carbonyl (C=O) groups is 1. The van der Waals surface area contributed by atoms with Gasteiger partial charge in [-0.1, -0.05) is 23.7 Å². The molecular weight excluding hydrogens is 212 g/mol. The summed E-state index contributed by atoms with van der Waals surface area (Å²) in [5.41, 5.74) is 0.530. The third-order valence-electron chi connectivity index (χ3n) is 2.17. The van der Waals surface area contributed by atoms with Crippen LogP contribution in [0.15, 0.2) is 36.2 Å². The van der Waals surface area contributed by atoms with Crippen LogP contribution in [-0.4, -0.2) is 18.9 Å². The molecule has 4 heteroatoms. The molecule has 1 aliphatic heterocycles. The van der Waals surface area contributed by atoms with Crippen molar-refractivity contribution in [3.05, 3.63) is 46.7 Å². The standard InChI is InChI=1S/C11H11ClN2O/c12-9-4-2-1-3-8(9)10(15)7-11-13-5-6-14-11/h1-4,7,13-14H,5-6H2. The number of halogens is 1. The Balaban J connectivity index is 2.21. The fourth-order valence-electron chi connectivity index (χ4n) is 1.43. The van der Waals surface area contributed by atoms with E-state index in [-0.39, 0.29) is 5.78 Å². The van der Waals surface area contributed by atoms with Gasteiger partial charge in [-0.25, -0.2) is 0 Å². The Morgan fingerprint density at radius 3 is 2.60 bits per heavy atom. The molecule has 0 atom stereocenters. The van der Waals surface area contributed by atoms with Crippen LogP contribution in [0.5, 0.6) is 0 Å². The van der Waals surface area contributed by atoms with E-state index in [2.05, 4.69) is 10.6 Å². The van der Waals surface area contributed by atoms with Gasteiger partial charge < -0.3 is 10.6 Å². The Bertz CT molecular complexity index is 407. The molecular formula is C11H11ClN2O. The predicted octanol–water partition coefficient (Wildman–Crippen LogP) is 1.56. The molecule has 2 rings (SSSR count). The molecule has 15 heavy (non-hydrogen) atoms. The zero-order valence-electron chi connectivity index (χ0n) is 8.09. The van der Waals surface area contributed by atoms with E-state index in [1.165, 1.54) is 6.08 Å². The number of nitrogens with one attached hydrogen (secondary N) is 2. The van der Waals surface area contributed by atoms with Gasteiger partial charge in [0, 0.05) is 24.7 Å². The highest BCUT2D eigenvalue weighted by Gasteiger charge is 2.10. The van der Waals surface area contributed by atoms with Gasteiger partial charge in [-0.15, -0.1) is 0 Å². The third kappa shape index (κ3) is 2.30. The monoisotopic (exact) mass is 222 g/mol. The van der Waals surface area contributed by atoms with Crippen LogP contribution in [0, 0.1) is 0 Å². The molecule has 0 unspecified atom stereocenters. The Morgan fingerprint density at radius 2 is 1.93 bits per heavy atom. The van der Waals surface area contributed by atoms with Crippen LogP contribution in [0.1, 0.15) is 10.4 Å². The minimum atomic E-state index is -0.0856. The van der Waals surface area contributed by atoms with Crippen molar-refractivity contribution in [2.45, 2.75) is 0 Å². The second-order valence-corrected chi connectivity index (χ2v) is 3.66. The molecule has 0 radical (unpaired) electrons. The van der Waals surface area contributed by atoms with E-state index in [1.54, 1.807) is 24.3 Å². The van der Waals surface area contributed by atoms with E-state index in [9.17, 15) is 4.79 Å². The number of allylic oxidation sites excluding steroid dienone is 1. The summed E-state index contributed by atoms with van der Waals surface area (Å²) < 4.78 is 0. The topological polar surface area (TPSA) is 41.1 Å². The highest BCUT2D eigenvalue weighted by molar-refractivity contribution is 6.34. The first kappa shape index (κ1) is 10.1. The summed E-state index contributed by atoms with van der Waals surface area (Å²) >= 11 is 5.91. The molecule has 1 aromatic rings. The summed E-state index contributed by atoms with van der Waals surface area (Å²) in [5.74, 6) is 0.678. The lowest BCUT2D eigenvalue weighted by molar-refractivity contribution is 0.104. The van der Waals surface area contributed by atoms with Gasteiger partial charge >= 0.3 is 0 Å². The zero-order valence-corrected chi connectivity index (χ0v) is 8.84. The summed E-state index contributed by atoms with van der Waals surface area (Å²) in [7, 11) is 0. The molecule has 1 aliphatic rings. The second-order valence-electron chi connectivity index (χ2n) is 3.26. The second kappa shape index (κ2) is 4.36. The highest BCUT2D eigenvalue weighted by atomic mass is 35.5. The molecule has 1 aromatic carbocycles. The third-order valence-corrected chi connectivity index (χ3v) is 2.50. The number of rotatable bonds is 2. The minimum absolute atomic E-state index is 0.0856. The highest BCUT2D eigenvalue weighted by Crippen LogP contribution is 2.16. The van der Waals surface area contributed by atoms with Gasteiger partial charge in [0.25, 0.3) is 0 Å². The van der Waals surface area contributed by atoms with E-state index < -0.39 is 0 Å². The molecule has 1 fully saturated rings. The molecule has 0 aliphatic carbocycles. The van der Waals surface area contributed by atoms with E-state index >= 15 is 0 Å². The molecule has 78 valence electrons. The first-order valence-corrected chi connectivity index (χ1v) is 5.13. The van der Waals surface area contributed by atoms with Gasteiger partial charge in [-0.05, 0) is 12.1 Å². The van der Waals surface area contributed by atoms with E-state index in [1.807, 2.05) is 0 Å². The summed E-state index contributed by atoms with van der Waals surface area (Å²) in [4.78, 5) is 11.8. The lowest BCUT2D eigenvalue weighted by Gasteiger charge is -2.01. The van der Waals surface area contributed by atoms with Crippen LogP contribution in [-0.2, 0) is 0 Å².